The van der Waals surface area contributed by atoms with E-state index in [9.17, 15) is 4.79 Å². The second-order valence-electron chi connectivity index (χ2n) is 5.93. The lowest BCUT2D eigenvalue weighted by Crippen LogP contribution is -2.38. The number of anilines is 2. The minimum Gasteiger partial charge on any atom is -0.356 e. The first kappa shape index (κ1) is 16.7. The molecule has 0 radical (unpaired) electrons. The van der Waals surface area contributed by atoms with Crippen LogP contribution in [-0.4, -0.2) is 38.7 Å². The average Bonchev–Trinajstić information content (AvgIpc) is 3.01. The molecule has 1 aliphatic rings. The van der Waals surface area contributed by atoms with Crippen molar-refractivity contribution in [2.75, 3.05) is 23.3 Å². The number of carbonyl (C=O) groups is 1. The Balaban J connectivity index is 1.57. The third-order valence-corrected chi connectivity index (χ3v) is 4.40. The molecular formula is C16H21ClN6O. The van der Waals surface area contributed by atoms with Crippen molar-refractivity contribution in [2.24, 2.45) is 5.92 Å². The average molecular weight is 349 g/mol. The van der Waals surface area contributed by atoms with Crippen LogP contribution < -0.4 is 10.2 Å². The van der Waals surface area contributed by atoms with Crippen molar-refractivity contribution in [3.63, 3.8) is 0 Å². The lowest BCUT2D eigenvalue weighted by molar-refractivity contribution is -0.120. The fraction of sp³-hybridized carbons (Fsp3) is 0.500. The highest BCUT2D eigenvalue weighted by molar-refractivity contribution is 6.29. The number of rotatable bonds is 4. The summed E-state index contributed by atoms with van der Waals surface area (Å²) < 4.78 is 1.79. The third kappa shape index (κ3) is 3.84. The molecule has 0 unspecified atom stereocenters. The largest absolute Gasteiger partial charge is 0.356 e. The minimum absolute atomic E-state index is 0.00429. The summed E-state index contributed by atoms with van der Waals surface area (Å²) >= 11 is 6.00. The zero-order valence-corrected chi connectivity index (χ0v) is 14.6. The predicted octanol–water partition coefficient (Wildman–Crippen LogP) is 2.51. The molecular weight excluding hydrogens is 328 g/mol. The SMILES string of the molecule is CCn1cc(NC(=O)C2CCN(c3cc(Cl)nc(C)n3)CC2)cn1. The maximum absolute atomic E-state index is 12.4. The number of aryl methyl sites for hydroxylation is 2. The maximum Gasteiger partial charge on any atom is 0.227 e. The summed E-state index contributed by atoms with van der Waals surface area (Å²) in [7, 11) is 0. The Morgan fingerprint density at radius 3 is 2.75 bits per heavy atom. The molecule has 1 saturated heterocycles. The number of carbonyl (C=O) groups excluding carboxylic acids is 1. The Bertz CT molecular complexity index is 703. The Labute approximate surface area is 146 Å². The van der Waals surface area contributed by atoms with Crippen molar-refractivity contribution in [1.29, 1.82) is 0 Å². The van der Waals surface area contributed by atoms with E-state index in [2.05, 4.69) is 25.3 Å². The van der Waals surface area contributed by atoms with E-state index in [0.717, 1.165) is 44.0 Å². The van der Waals surface area contributed by atoms with Crippen LogP contribution in [0.1, 0.15) is 25.6 Å². The van der Waals surface area contributed by atoms with Gasteiger partial charge in [0.05, 0.1) is 11.9 Å². The van der Waals surface area contributed by atoms with Gasteiger partial charge in [0, 0.05) is 37.8 Å². The second kappa shape index (κ2) is 7.17. The Hall–Kier alpha value is -2.15. The van der Waals surface area contributed by atoms with Crippen molar-refractivity contribution < 1.29 is 4.79 Å². The molecule has 0 atom stereocenters. The van der Waals surface area contributed by atoms with Gasteiger partial charge in [-0.25, -0.2) is 9.97 Å². The summed E-state index contributed by atoms with van der Waals surface area (Å²) in [5, 5.41) is 7.57. The number of halogens is 1. The Morgan fingerprint density at radius 2 is 2.12 bits per heavy atom. The van der Waals surface area contributed by atoms with Gasteiger partial charge in [-0.1, -0.05) is 11.6 Å². The molecule has 1 amide bonds. The molecule has 0 aromatic carbocycles. The molecule has 1 fully saturated rings. The first-order valence-corrected chi connectivity index (χ1v) is 8.52. The molecule has 3 heterocycles. The summed E-state index contributed by atoms with van der Waals surface area (Å²) in [6.45, 7) is 6.18. The van der Waals surface area contributed by atoms with Crippen LogP contribution in [0, 0.1) is 12.8 Å². The predicted molar refractivity (Wildman–Crippen MR) is 93.2 cm³/mol. The molecule has 2 aromatic rings. The van der Waals surface area contributed by atoms with Crippen LogP contribution in [0.3, 0.4) is 0 Å². The zero-order chi connectivity index (χ0) is 17.1. The van der Waals surface area contributed by atoms with E-state index in [-0.39, 0.29) is 11.8 Å². The number of nitrogens with zero attached hydrogens (tertiary/aromatic N) is 5. The quantitative estimate of drug-likeness (QED) is 0.859. The Kier molecular flexibility index (Phi) is 4.99. The normalized spacial score (nSPS) is 15.5. The lowest BCUT2D eigenvalue weighted by Gasteiger charge is -2.32. The van der Waals surface area contributed by atoms with Crippen molar-refractivity contribution in [1.82, 2.24) is 19.7 Å². The minimum atomic E-state index is 0.00429. The van der Waals surface area contributed by atoms with Gasteiger partial charge in [0.25, 0.3) is 0 Å². The van der Waals surface area contributed by atoms with E-state index < -0.39 is 0 Å². The molecule has 1 aliphatic heterocycles. The van der Waals surface area contributed by atoms with E-state index in [1.165, 1.54) is 0 Å². The molecule has 0 spiro atoms. The smallest absolute Gasteiger partial charge is 0.227 e. The van der Waals surface area contributed by atoms with Gasteiger partial charge >= 0.3 is 0 Å². The number of aromatic nitrogens is 4. The molecule has 2 aromatic heterocycles. The van der Waals surface area contributed by atoms with Crippen LogP contribution in [0.4, 0.5) is 11.5 Å². The first-order valence-electron chi connectivity index (χ1n) is 8.14. The highest BCUT2D eigenvalue weighted by Gasteiger charge is 2.26. The second-order valence-corrected chi connectivity index (χ2v) is 6.32. The molecule has 0 aliphatic carbocycles. The highest BCUT2D eigenvalue weighted by Crippen LogP contribution is 2.24. The first-order chi connectivity index (χ1) is 11.5. The van der Waals surface area contributed by atoms with Crippen molar-refractivity contribution in [3.05, 3.63) is 29.4 Å². The maximum atomic E-state index is 12.4. The van der Waals surface area contributed by atoms with Gasteiger partial charge in [0.1, 0.15) is 16.8 Å². The fourth-order valence-corrected chi connectivity index (χ4v) is 3.11. The van der Waals surface area contributed by atoms with Crippen LogP contribution in [0.2, 0.25) is 5.15 Å². The molecule has 0 bridgehead atoms. The van der Waals surface area contributed by atoms with E-state index in [4.69, 9.17) is 11.6 Å². The van der Waals surface area contributed by atoms with Gasteiger partial charge in [0.2, 0.25) is 5.91 Å². The number of hydrogen-bond donors (Lipinski definition) is 1. The fourth-order valence-electron chi connectivity index (χ4n) is 2.89. The summed E-state index contributed by atoms with van der Waals surface area (Å²) in [4.78, 5) is 23.1. The van der Waals surface area contributed by atoms with Crippen LogP contribution in [-0.2, 0) is 11.3 Å². The topological polar surface area (TPSA) is 75.9 Å². The monoisotopic (exact) mass is 348 g/mol. The molecule has 128 valence electrons. The molecule has 0 saturated carbocycles. The molecule has 24 heavy (non-hydrogen) atoms. The highest BCUT2D eigenvalue weighted by atomic mass is 35.5. The van der Waals surface area contributed by atoms with Crippen LogP contribution in [0.25, 0.3) is 0 Å². The van der Waals surface area contributed by atoms with Gasteiger partial charge in [-0.3, -0.25) is 9.48 Å². The van der Waals surface area contributed by atoms with Gasteiger partial charge in [-0.2, -0.15) is 5.10 Å². The molecule has 3 rings (SSSR count). The Morgan fingerprint density at radius 1 is 1.38 bits per heavy atom. The van der Waals surface area contributed by atoms with E-state index >= 15 is 0 Å². The zero-order valence-electron chi connectivity index (χ0n) is 13.9. The van der Waals surface area contributed by atoms with Crippen molar-refractivity contribution >= 4 is 29.0 Å². The van der Waals surface area contributed by atoms with Gasteiger partial charge in [0.15, 0.2) is 0 Å². The van der Waals surface area contributed by atoms with E-state index in [0.29, 0.717) is 11.0 Å². The summed E-state index contributed by atoms with van der Waals surface area (Å²) in [6.07, 6.45) is 5.10. The molecule has 1 N–H and O–H groups in total. The molecule has 7 nitrogen and oxygen atoms in total. The van der Waals surface area contributed by atoms with Gasteiger partial charge in [-0.15, -0.1) is 0 Å². The standard InChI is InChI=1S/C16H21ClN6O/c1-3-23-10-13(9-18-23)21-16(24)12-4-6-22(7-5-12)15-8-14(17)19-11(2)20-15/h8-10,12H,3-7H2,1-2H3,(H,21,24). The lowest BCUT2D eigenvalue weighted by atomic mass is 9.96. The van der Waals surface area contributed by atoms with Crippen molar-refractivity contribution in [2.45, 2.75) is 33.2 Å². The summed E-state index contributed by atoms with van der Waals surface area (Å²) in [5.41, 5.74) is 0.752. The van der Waals surface area contributed by atoms with Gasteiger partial charge < -0.3 is 10.2 Å². The molecule has 8 heteroatoms. The van der Waals surface area contributed by atoms with Crippen LogP contribution >= 0.6 is 11.6 Å². The van der Waals surface area contributed by atoms with Gasteiger partial charge in [-0.05, 0) is 26.7 Å². The van der Waals surface area contributed by atoms with Crippen LogP contribution in [0.15, 0.2) is 18.5 Å². The number of hydrogen-bond acceptors (Lipinski definition) is 5. The van der Waals surface area contributed by atoms with E-state index in [1.54, 1.807) is 16.9 Å². The van der Waals surface area contributed by atoms with Crippen molar-refractivity contribution in [3.8, 4) is 0 Å². The number of nitrogens with one attached hydrogen (secondary N) is 1. The third-order valence-electron chi connectivity index (χ3n) is 4.21. The summed E-state index contributed by atoms with van der Waals surface area (Å²) in [6, 6.07) is 1.77. The van der Waals surface area contributed by atoms with E-state index in [1.807, 2.05) is 20.0 Å². The number of amides is 1. The number of piperidine rings is 1. The summed E-state index contributed by atoms with van der Waals surface area (Å²) in [5.74, 6) is 1.55. The van der Waals surface area contributed by atoms with Crippen LogP contribution in [0.5, 0.6) is 0 Å².